The van der Waals surface area contributed by atoms with Crippen molar-refractivity contribution < 1.29 is 4.74 Å². The molecule has 1 heterocycles. The van der Waals surface area contributed by atoms with E-state index in [1.54, 1.807) is 0 Å². The van der Waals surface area contributed by atoms with Gasteiger partial charge in [-0.15, -0.1) is 24.0 Å². The molecule has 0 aromatic heterocycles. The highest BCUT2D eigenvalue weighted by Crippen LogP contribution is 2.44. The van der Waals surface area contributed by atoms with E-state index in [9.17, 15) is 0 Å². The molecule has 0 aromatic rings. The van der Waals surface area contributed by atoms with Crippen molar-refractivity contribution in [3.8, 4) is 0 Å². The summed E-state index contributed by atoms with van der Waals surface area (Å²) in [5, 5.41) is 3.79. The normalized spacial score (nSPS) is 31.0. The van der Waals surface area contributed by atoms with E-state index >= 15 is 0 Å². The van der Waals surface area contributed by atoms with Gasteiger partial charge in [0.15, 0.2) is 5.96 Å². The maximum Gasteiger partial charge on any atom is 0.194 e. The van der Waals surface area contributed by atoms with Crippen molar-refractivity contribution >= 4 is 29.9 Å². The maximum absolute atomic E-state index is 5.61. The van der Waals surface area contributed by atoms with Gasteiger partial charge in [0.25, 0.3) is 0 Å². The van der Waals surface area contributed by atoms with Crippen molar-refractivity contribution in [2.75, 3.05) is 32.8 Å². The van der Waals surface area contributed by atoms with Crippen LogP contribution in [0.2, 0.25) is 0 Å². The molecule has 2 saturated carbocycles. The van der Waals surface area contributed by atoms with Crippen molar-refractivity contribution in [1.29, 1.82) is 0 Å². The third-order valence-electron chi connectivity index (χ3n) is 5.86. The molecule has 0 bridgehead atoms. The SMILES string of the molecule is CCN=C(NC1CC1C1CCCCC1)N1CCC(COCC)C1.I. The van der Waals surface area contributed by atoms with Crippen LogP contribution in [-0.4, -0.2) is 49.7 Å². The van der Waals surface area contributed by atoms with Crippen molar-refractivity contribution in [3.63, 3.8) is 0 Å². The fraction of sp³-hybridized carbons (Fsp3) is 0.947. The average Bonchev–Trinajstić information content (AvgIpc) is 3.19. The lowest BCUT2D eigenvalue weighted by atomic mass is 9.85. The molecule has 3 atom stereocenters. The molecule has 3 aliphatic rings. The standard InChI is InChI=1S/C19H35N3O.HI/c1-3-20-19(22-11-10-15(13-22)14-23-4-2)21-18-12-17(18)16-8-6-5-7-9-16;/h15-18H,3-14H2,1-2H3,(H,20,21);1H. The van der Waals surface area contributed by atoms with Crippen LogP contribution in [-0.2, 0) is 4.74 Å². The zero-order valence-corrected chi connectivity index (χ0v) is 17.8. The number of hydrogen-bond acceptors (Lipinski definition) is 2. The second kappa shape index (κ2) is 10.2. The fourth-order valence-corrected chi connectivity index (χ4v) is 4.46. The van der Waals surface area contributed by atoms with Crippen molar-refractivity contribution in [2.45, 2.75) is 64.8 Å². The van der Waals surface area contributed by atoms with Crippen LogP contribution in [0.1, 0.15) is 58.8 Å². The van der Waals surface area contributed by atoms with Crippen LogP contribution in [0.15, 0.2) is 4.99 Å². The highest BCUT2D eigenvalue weighted by Gasteiger charge is 2.44. The zero-order chi connectivity index (χ0) is 16.1. The Morgan fingerprint density at radius 1 is 1.17 bits per heavy atom. The smallest absolute Gasteiger partial charge is 0.194 e. The van der Waals surface area contributed by atoms with E-state index in [2.05, 4.69) is 24.1 Å². The first kappa shape index (κ1) is 20.3. The highest BCUT2D eigenvalue weighted by atomic mass is 127. The predicted molar refractivity (Wildman–Crippen MR) is 111 cm³/mol. The molecular formula is C19H36IN3O. The topological polar surface area (TPSA) is 36.9 Å². The second-order valence-corrected chi connectivity index (χ2v) is 7.61. The highest BCUT2D eigenvalue weighted by molar-refractivity contribution is 14.0. The molecule has 0 spiro atoms. The number of guanidine groups is 1. The van der Waals surface area contributed by atoms with Gasteiger partial charge in [0, 0.05) is 38.2 Å². The van der Waals surface area contributed by atoms with Gasteiger partial charge in [-0.3, -0.25) is 4.99 Å². The summed E-state index contributed by atoms with van der Waals surface area (Å²) < 4.78 is 5.61. The summed E-state index contributed by atoms with van der Waals surface area (Å²) in [7, 11) is 0. The van der Waals surface area contributed by atoms with E-state index in [-0.39, 0.29) is 24.0 Å². The van der Waals surface area contributed by atoms with Crippen LogP contribution in [0.3, 0.4) is 0 Å². The van der Waals surface area contributed by atoms with Crippen LogP contribution < -0.4 is 5.32 Å². The number of nitrogens with one attached hydrogen (secondary N) is 1. The summed E-state index contributed by atoms with van der Waals surface area (Å²) in [6.45, 7) is 9.06. The Hall–Kier alpha value is -0.0400. The molecule has 0 aromatic carbocycles. The van der Waals surface area contributed by atoms with E-state index in [0.29, 0.717) is 12.0 Å². The lowest BCUT2D eigenvalue weighted by Crippen LogP contribution is -2.42. The molecule has 5 heteroatoms. The molecule has 4 nitrogen and oxygen atoms in total. The zero-order valence-electron chi connectivity index (χ0n) is 15.5. The van der Waals surface area contributed by atoms with E-state index < -0.39 is 0 Å². The molecule has 3 rings (SSSR count). The summed E-state index contributed by atoms with van der Waals surface area (Å²) in [5.74, 6) is 3.73. The monoisotopic (exact) mass is 449 g/mol. The Kier molecular flexibility index (Phi) is 8.61. The molecule has 2 aliphatic carbocycles. The second-order valence-electron chi connectivity index (χ2n) is 7.61. The van der Waals surface area contributed by atoms with Crippen LogP contribution >= 0.6 is 24.0 Å². The largest absolute Gasteiger partial charge is 0.381 e. The Balaban J connectivity index is 0.00000208. The molecule has 1 saturated heterocycles. The van der Waals surface area contributed by atoms with Gasteiger partial charge in [-0.1, -0.05) is 32.1 Å². The van der Waals surface area contributed by atoms with Gasteiger partial charge in [-0.2, -0.15) is 0 Å². The van der Waals surface area contributed by atoms with Gasteiger partial charge in [0.2, 0.25) is 0 Å². The first-order valence-electron chi connectivity index (χ1n) is 9.95. The summed E-state index contributed by atoms with van der Waals surface area (Å²) >= 11 is 0. The molecule has 1 N–H and O–H groups in total. The Morgan fingerprint density at radius 3 is 2.67 bits per heavy atom. The van der Waals surface area contributed by atoms with Crippen molar-refractivity contribution in [3.05, 3.63) is 0 Å². The minimum atomic E-state index is 0. The lowest BCUT2D eigenvalue weighted by molar-refractivity contribution is 0.114. The quantitative estimate of drug-likeness (QED) is 0.380. The minimum absolute atomic E-state index is 0. The van der Waals surface area contributed by atoms with Gasteiger partial charge in [-0.05, 0) is 38.5 Å². The van der Waals surface area contributed by atoms with E-state index in [0.717, 1.165) is 50.6 Å². The summed E-state index contributed by atoms with van der Waals surface area (Å²) in [5.41, 5.74) is 0. The molecule has 140 valence electrons. The Labute approximate surface area is 165 Å². The predicted octanol–water partition coefficient (Wildman–Crippen LogP) is 3.90. The summed E-state index contributed by atoms with van der Waals surface area (Å²) in [6, 6.07) is 0.689. The number of hydrogen-bond donors (Lipinski definition) is 1. The fourth-order valence-electron chi connectivity index (χ4n) is 4.46. The number of likely N-dealkylation sites (tertiary alicyclic amines) is 1. The third kappa shape index (κ3) is 5.48. The lowest BCUT2D eigenvalue weighted by Gasteiger charge is -2.24. The number of rotatable bonds is 6. The first-order valence-corrected chi connectivity index (χ1v) is 9.95. The molecule has 0 amide bonds. The number of halogens is 1. The Bertz CT molecular complexity index is 398. The number of aliphatic imine (C=N–C) groups is 1. The van der Waals surface area contributed by atoms with Gasteiger partial charge in [0.05, 0.1) is 6.61 Å². The Morgan fingerprint density at radius 2 is 1.96 bits per heavy atom. The van der Waals surface area contributed by atoms with Crippen LogP contribution in [0.4, 0.5) is 0 Å². The van der Waals surface area contributed by atoms with Gasteiger partial charge < -0.3 is 15.0 Å². The van der Waals surface area contributed by atoms with Crippen LogP contribution in [0, 0.1) is 17.8 Å². The molecule has 0 radical (unpaired) electrons. The summed E-state index contributed by atoms with van der Waals surface area (Å²) in [4.78, 5) is 7.23. The van der Waals surface area contributed by atoms with Gasteiger partial charge >= 0.3 is 0 Å². The average molecular weight is 449 g/mol. The number of ether oxygens (including phenoxy) is 1. The molecule has 3 unspecified atom stereocenters. The van der Waals surface area contributed by atoms with E-state index in [1.165, 1.54) is 44.9 Å². The van der Waals surface area contributed by atoms with Gasteiger partial charge in [-0.25, -0.2) is 0 Å². The third-order valence-corrected chi connectivity index (χ3v) is 5.86. The van der Waals surface area contributed by atoms with Crippen molar-refractivity contribution in [2.24, 2.45) is 22.7 Å². The molecule has 24 heavy (non-hydrogen) atoms. The van der Waals surface area contributed by atoms with Crippen molar-refractivity contribution in [1.82, 2.24) is 10.2 Å². The maximum atomic E-state index is 5.61. The van der Waals surface area contributed by atoms with E-state index in [4.69, 9.17) is 9.73 Å². The van der Waals surface area contributed by atoms with Crippen LogP contribution in [0.5, 0.6) is 0 Å². The van der Waals surface area contributed by atoms with E-state index in [1.807, 2.05) is 0 Å². The summed E-state index contributed by atoms with van der Waals surface area (Å²) in [6.07, 6.45) is 9.89. The minimum Gasteiger partial charge on any atom is -0.381 e. The van der Waals surface area contributed by atoms with Gasteiger partial charge in [0.1, 0.15) is 0 Å². The molecule has 1 aliphatic heterocycles. The first-order chi connectivity index (χ1) is 11.3. The number of nitrogens with zero attached hydrogens (tertiary/aromatic N) is 2. The molecule has 3 fully saturated rings. The van der Waals surface area contributed by atoms with Crippen LogP contribution in [0.25, 0.3) is 0 Å². The molecular weight excluding hydrogens is 413 g/mol.